The molecular formula is C18H15N3O. The lowest BCUT2D eigenvalue weighted by molar-refractivity contribution is 0.896. The largest absolute Gasteiger partial charge is 0.321 e. The summed E-state index contributed by atoms with van der Waals surface area (Å²) in [5.74, 6) is 0. The first-order valence-corrected chi connectivity index (χ1v) is 7.36. The van der Waals surface area contributed by atoms with Crippen molar-refractivity contribution < 1.29 is 0 Å². The van der Waals surface area contributed by atoms with Crippen molar-refractivity contribution in [2.24, 2.45) is 0 Å². The van der Waals surface area contributed by atoms with Crippen LogP contribution in [0.1, 0.15) is 12.5 Å². The van der Waals surface area contributed by atoms with E-state index in [1.807, 2.05) is 36.4 Å². The number of H-pyrrole nitrogens is 1. The third-order valence-electron chi connectivity index (χ3n) is 4.00. The molecule has 0 unspecified atom stereocenters. The van der Waals surface area contributed by atoms with Gasteiger partial charge in [0.2, 0.25) is 0 Å². The van der Waals surface area contributed by atoms with Crippen molar-refractivity contribution in [1.82, 2.24) is 14.8 Å². The minimum Gasteiger partial charge on any atom is -0.321 e. The number of nitrogens with one attached hydrogen (secondary N) is 1. The van der Waals surface area contributed by atoms with Crippen molar-refractivity contribution >= 4 is 21.8 Å². The number of hydrogen-bond donors (Lipinski definition) is 1. The third-order valence-corrected chi connectivity index (χ3v) is 4.00. The molecule has 0 aliphatic rings. The summed E-state index contributed by atoms with van der Waals surface area (Å²) in [4.78, 5) is 15.1. The van der Waals surface area contributed by atoms with E-state index < -0.39 is 0 Å². The molecule has 4 rings (SSSR count). The number of aromatic amines is 1. The van der Waals surface area contributed by atoms with E-state index >= 15 is 0 Å². The second-order valence-corrected chi connectivity index (χ2v) is 5.36. The van der Waals surface area contributed by atoms with Gasteiger partial charge in [0.15, 0.2) is 0 Å². The lowest BCUT2D eigenvalue weighted by Gasteiger charge is -2.02. The average molecular weight is 289 g/mol. The van der Waals surface area contributed by atoms with E-state index in [9.17, 15) is 4.79 Å². The van der Waals surface area contributed by atoms with Crippen LogP contribution in [0.25, 0.3) is 27.5 Å². The highest BCUT2D eigenvalue weighted by Crippen LogP contribution is 2.21. The molecule has 2 heterocycles. The van der Waals surface area contributed by atoms with Crippen LogP contribution in [0.15, 0.2) is 59.5 Å². The van der Waals surface area contributed by atoms with Gasteiger partial charge < -0.3 is 4.98 Å². The Morgan fingerprint density at radius 2 is 1.82 bits per heavy atom. The first kappa shape index (κ1) is 12.8. The topological polar surface area (TPSA) is 50.7 Å². The molecule has 0 saturated carbocycles. The maximum absolute atomic E-state index is 12.2. The van der Waals surface area contributed by atoms with Crippen LogP contribution in [0.3, 0.4) is 0 Å². The van der Waals surface area contributed by atoms with Gasteiger partial charge in [0, 0.05) is 11.6 Å². The smallest absolute Gasteiger partial charge is 0.259 e. The Labute approximate surface area is 127 Å². The number of nitrogens with zero attached hydrogens (tertiary/aromatic N) is 2. The molecule has 0 atom stereocenters. The van der Waals surface area contributed by atoms with Crippen molar-refractivity contribution in [3.05, 3.63) is 70.6 Å². The summed E-state index contributed by atoms with van der Waals surface area (Å²) < 4.78 is 1.77. The second-order valence-electron chi connectivity index (χ2n) is 5.36. The van der Waals surface area contributed by atoms with Gasteiger partial charge in [-0.3, -0.25) is 4.79 Å². The Balaban J connectivity index is 1.98. The summed E-state index contributed by atoms with van der Waals surface area (Å²) in [6.45, 7) is 2.13. The van der Waals surface area contributed by atoms with Gasteiger partial charge in [-0.25, -0.2) is 4.68 Å². The molecule has 0 bridgehead atoms. The van der Waals surface area contributed by atoms with Crippen molar-refractivity contribution in [2.45, 2.75) is 13.3 Å². The predicted molar refractivity (Wildman–Crippen MR) is 88.6 cm³/mol. The predicted octanol–water partition coefficient (Wildman–Crippen LogP) is 3.43. The first-order chi connectivity index (χ1) is 10.8. The first-order valence-electron chi connectivity index (χ1n) is 7.36. The number of aromatic nitrogens is 3. The van der Waals surface area contributed by atoms with Crippen LogP contribution < -0.4 is 5.56 Å². The molecule has 22 heavy (non-hydrogen) atoms. The zero-order valence-electron chi connectivity index (χ0n) is 12.2. The van der Waals surface area contributed by atoms with Gasteiger partial charge in [0.05, 0.1) is 16.6 Å². The van der Waals surface area contributed by atoms with E-state index in [4.69, 9.17) is 0 Å². The van der Waals surface area contributed by atoms with E-state index in [1.165, 1.54) is 5.56 Å². The maximum atomic E-state index is 12.2. The molecule has 1 N–H and O–H groups in total. The highest BCUT2D eigenvalue weighted by Gasteiger charge is 2.10. The standard InChI is InChI=1S/C18H15N3O/c1-2-12-7-9-13(10-8-12)21-11-15-17(20-21)14-5-3-4-6-16(14)19-18(15)22/h3-11H,2H2,1H3,(H,19,22). The highest BCUT2D eigenvalue weighted by atomic mass is 16.1. The molecule has 4 aromatic rings. The van der Waals surface area contributed by atoms with Gasteiger partial charge in [-0.05, 0) is 30.2 Å². The van der Waals surface area contributed by atoms with E-state index in [-0.39, 0.29) is 5.56 Å². The molecule has 2 aromatic heterocycles. The summed E-state index contributed by atoms with van der Waals surface area (Å²) in [5.41, 5.74) is 3.68. The van der Waals surface area contributed by atoms with Crippen molar-refractivity contribution in [3.8, 4) is 5.69 Å². The summed E-state index contributed by atoms with van der Waals surface area (Å²) >= 11 is 0. The zero-order chi connectivity index (χ0) is 15.1. The average Bonchev–Trinajstić information content (AvgIpc) is 3.01. The number of rotatable bonds is 2. The quantitative estimate of drug-likeness (QED) is 0.614. The van der Waals surface area contributed by atoms with Gasteiger partial charge in [0.1, 0.15) is 5.52 Å². The lowest BCUT2D eigenvalue weighted by Crippen LogP contribution is -2.04. The lowest BCUT2D eigenvalue weighted by atomic mass is 10.1. The minimum absolute atomic E-state index is 0.106. The summed E-state index contributed by atoms with van der Waals surface area (Å²) in [6, 6.07) is 16.0. The molecule has 0 aliphatic heterocycles. The van der Waals surface area contributed by atoms with Crippen LogP contribution >= 0.6 is 0 Å². The fourth-order valence-corrected chi connectivity index (χ4v) is 2.74. The van der Waals surface area contributed by atoms with E-state index in [0.717, 1.165) is 28.5 Å². The van der Waals surface area contributed by atoms with Crippen LogP contribution in [0.5, 0.6) is 0 Å². The molecule has 2 aromatic carbocycles. The molecule has 4 heteroatoms. The molecular weight excluding hydrogens is 274 g/mol. The van der Waals surface area contributed by atoms with Crippen LogP contribution in [0, 0.1) is 0 Å². The monoisotopic (exact) mass is 289 g/mol. The second kappa shape index (κ2) is 4.84. The Morgan fingerprint density at radius 1 is 1.05 bits per heavy atom. The number of hydrogen-bond acceptors (Lipinski definition) is 2. The summed E-state index contributed by atoms with van der Waals surface area (Å²) in [5, 5.41) is 6.19. The zero-order valence-corrected chi connectivity index (χ0v) is 12.2. The van der Waals surface area contributed by atoms with Crippen molar-refractivity contribution in [3.63, 3.8) is 0 Å². The van der Waals surface area contributed by atoms with Gasteiger partial charge in [-0.1, -0.05) is 37.3 Å². The normalized spacial score (nSPS) is 11.3. The number of benzene rings is 2. The molecule has 0 aliphatic carbocycles. The number of fused-ring (bicyclic) bond motifs is 3. The van der Waals surface area contributed by atoms with Crippen molar-refractivity contribution in [1.29, 1.82) is 0 Å². The van der Waals surface area contributed by atoms with Crippen LogP contribution in [0.2, 0.25) is 0 Å². The Hall–Kier alpha value is -2.88. The van der Waals surface area contributed by atoms with Gasteiger partial charge in [-0.15, -0.1) is 0 Å². The molecule has 0 saturated heterocycles. The summed E-state index contributed by atoms with van der Waals surface area (Å²) in [7, 11) is 0. The van der Waals surface area contributed by atoms with Gasteiger partial charge in [-0.2, -0.15) is 5.10 Å². The molecule has 0 fully saturated rings. The highest BCUT2D eigenvalue weighted by molar-refractivity contribution is 6.02. The Morgan fingerprint density at radius 3 is 2.59 bits per heavy atom. The van der Waals surface area contributed by atoms with Crippen LogP contribution in [0.4, 0.5) is 0 Å². The van der Waals surface area contributed by atoms with E-state index in [2.05, 4.69) is 29.1 Å². The molecule has 0 spiro atoms. The Bertz CT molecular complexity index is 1030. The minimum atomic E-state index is -0.106. The molecule has 0 amide bonds. The summed E-state index contributed by atoms with van der Waals surface area (Å²) in [6.07, 6.45) is 2.80. The maximum Gasteiger partial charge on any atom is 0.259 e. The molecule has 4 nitrogen and oxygen atoms in total. The third kappa shape index (κ3) is 1.92. The fourth-order valence-electron chi connectivity index (χ4n) is 2.74. The van der Waals surface area contributed by atoms with Gasteiger partial charge in [0.25, 0.3) is 5.56 Å². The molecule has 108 valence electrons. The number of aryl methyl sites for hydroxylation is 1. The number of para-hydroxylation sites is 1. The van der Waals surface area contributed by atoms with Crippen LogP contribution in [-0.2, 0) is 6.42 Å². The van der Waals surface area contributed by atoms with Crippen molar-refractivity contribution in [2.75, 3.05) is 0 Å². The molecule has 0 radical (unpaired) electrons. The SMILES string of the molecule is CCc1ccc(-n2cc3c(=O)[nH]c4ccccc4c3n2)cc1. The van der Waals surface area contributed by atoms with Gasteiger partial charge >= 0.3 is 0 Å². The van der Waals surface area contributed by atoms with E-state index in [1.54, 1.807) is 10.9 Å². The Kier molecular flexibility index (Phi) is 2.82. The fraction of sp³-hybridized carbons (Fsp3) is 0.111. The van der Waals surface area contributed by atoms with E-state index in [0.29, 0.717) is 5.39 Å². The van der Waals surface area contributed by atoms with Crippen LogP contribution in [-0.4, -0.2) is 14.8 Å². The number of pyridine rings is 1.